The number of benzene rings is 1. The molecule has 0 heterocycles. The molecular formula is C21H28O5. The van der Waals surface area contributed by atoms with E-state index >= 15 is 0 Å². The van der Waals surface area contributed by atoms with Crippen LogP contribution >= 0.6 is 0 Å². The Hall–Kier alpha value is -2.01. The number of carbonyl (C=O) groups is 3. The first-order chi connectivity index (χ1) is 12.5. The van der Waals surface area contributed by atoms with Crippen LogP contribution in [0.25, 0.3) is 0 Å². The van der Waals surface area contributed by atoms with Gasteiger partial charge in [-0.2, -0.15) is 0 Å². The molecule has 0 N–H and O–H groups in total. The summed E-state index contributed by atoms with van der Waals surface area (Å²) in [5, 5.41) is 0. The highest BCUT2D eigenvalue weighted by Crippen LogP contribution is 2.37. The van der Waals surface area contributed by atoms with Crippen molar-refractivity contribution in [2.24, 2.45) is 11.8 Å². The topological polar surface area (TPSA) is 69.7 Å². The summed E-state index contributed by atoms with van der Waals surface area (Å²) in [6, 6.07) is 6.45. The van der Waals surface area contributed by atoms with Gasteiger partial charge in [-0.1, -0.05) is 38.3 Å². The second-order valence-electron chi connectivity index (χ2n) is 6.91. The molecular weight excluding hydrogens is 332 g/mol. The van der Waals surface area contributed by atoms with Crippen molar-refractivity contribution >= 4 is 17.5 Å². The van der Waals surface area contributed by atoms with E-state index in [0.29, 0.717) is 24.0 Å². The highest BCUT2D eigenvalue weighted by molar-refractivity contribution is 5.98. The highest BCUT2D eigenvalue weighted by Gasteiger charge is 2.42. The third-order valence-corrected chi connectivity index (χ3v) is 5.28. The summed E-state index contributed by atoms with van der Waals surface area (Å²) in [4.78, 5) is 36.6. The second-order valence-corrected chi connectivity index (χ2v) is 6.91. The van der Waals surface area contributed by atoms with Crippen LogP contribution in [0.5, 0.6) is 0 Å². The molecule has 1 aliphatic carbocycles. The molecule has 1 fully saturated rings. The van der Waals surface area contributed by atoms with Crippen molar-refractivity contribution < 1.29 is 23.9 Å². The normalized spacial score (nSPS) is 22.4. The van der Waals surface area contributed by atoms with Crippen LogP contribution < -0.4 is 0 Å². The molecule has 1 saturated carbocycles. The van der Waals surface area contributed by atoms with Crippen molar-refractivity contribution in [1.29, 1.82) is 0 Å². The summed E-state index contributed by atoms with van der Waals surface area (Å²) in [6.07, 6.45) is 4.52. The Balaban J connectivity index is 2.08. The van der Waals surface area contributed by atoms with Crippen molar-refractivity contribution in [3.05, 3.63) is 35.4 Å². The van der Waals surface area contributed by atoms with Gasteiger partial charge in [-0.25, -0.2) is 4.79 Å². The Morgan fingerprint density at radius 2 is 1.73 bits per heavy atom. The fourth-order valence-electron chi connectivity index (χ4n) is 3.76. The van der Waals surface area contributed by atoms with Crippen molar-refractivity contribution in [3.63, 3.8) is 0 Å². The number of ketones is 2. The van der Waals surface area contributed by atoms with Gasteiger partial charge in [0, 0.05) is 37.4 Å². The van der Waals surface area contributed by atoms with Crippen molar-refractivity contribution in [2.45, 2.75) is 51.6 Å². The van der Waals surface area contributed by atoms with Crippen LogP contribution in [-0.2, 0) is 14.3 Å². The summed E-state index contributed by atoms with van der Waals surface area (Å²) in [5.41, 5.74) is 0.950. The number of methoxy groups -OCH3 is 2. The molecule has 1 aromatic carbocycles. The van der Waals surface area contributed by atoms with E-state index in [0.717, 1.165) is 25.7 Å². The Morgan fingerprint density at radius 3 is 2.31 bits per heavy atom. The Bertz CT molecular complexity index is 634. The summed E-state index contributed by atoms with van der Waals surface area (Å²) in [6.45, 7) is 2.13. The second kappa shape index (κ2) is 9.62. The lowest BCUT2D eigenvalue weighted by atomic mass is 9.84. The van der Waals surface area contributed by atoms with Gasteiger partial charge in [0.25, 0.3) is 0 Å². The fraction of sp³-hybridized carbons (Fsp3) is 0.571. The Morgan fingerprint density at radius 1 is 1.08 bits per heavy atom. The number of hydrogen-bond donors (Lipinski definition) is 0. The first kappa shape index (κ1) is 20.3. The van der Waals surface area contributed by atoms with Gasteiger partial charge in [-0.15, -0.1) is 0 Å². The molecule has 2 rings (SSSR count). The van der Waals surface area contributed by atoms with E-state index in [1.165, 1.54) is 7.11 Å². The average Bonchev–Trinajstić information content (AvgIpc) is 2.96. The molecule has 1 aliphatic rings. The predicted molar refractivity (Wildman–Crippen MR) is 98.3 cm³/mol. The predicted octanol–water partition coefficient (Wildman–Crippen LogP) is 3.85. The number of carbonyl (C=O) groups excluding carboxylic acids is 3. The maximum atomic E-state index is 12.7. The van der Waals surface area contributed by atoms with Crippen LogP contribution in [-0.4, -0.2) is 37.9 Å². The van der Waals surface area contributed by atoms with Gasteiger partial charge in [0.15, 0.2) is 5.78 Å². The lowest BCUT2D eigenvalue weighted by molar-refractivity contribution is -0.121. The number of ether oxygens (including phenoxy) is 2. The van der Waals surface area contributed by atoms with Gasteiger partial charge in [0.2, 0.25) is 0 Å². The van der Waals surface area contributed by atoms with Gasteiger partial charge in [0.05, 0.1) is 18.8 Å². The van der Waals surface area contributed by atoms with Gasteiger partial charge in [0.1, 0.15) is 5.78 Å². The summed E-state index contributed by atoms with van der Waals surface area (Å²) < 4.78 is 10.2. The molecule has 0 bridgehead atoms. The number of Topliss-reactive ketones (excluding diaryl/α,β-unsaturated/α-hetero) is 2. The SMILES string of the molecule is CCCCC[C@H]1C(=O)CC(OC)[C@@H]1CC(=O)c1ccc(C(=O)OC)cc1. The minimum Gasteiger partial charge on any atom is -0.465 e. The van der Waals surface area contributed by atoms with Gasteiger partial charge < -0.3 is 9.47 Å². The average molecular weight is 360 g/mol. The van der Waals surface area contributed by atoms with Crippen LogP contribution in [0.3, 0.4) is 0 Å². The van der Waals surface area contributed by atoms with Crippen molar-refractivity contribution in [2.75, 3.05) is 14.2 Å². The van der Waals surface area contributed by atoms with E-state index in [4.69, 9.17) is 4.74 Å². The summed E-state index contributed by atoms with van der Waals surface area (Å²) >= 11 is 0. The number of esters is 1. The minimum atomic E-state index is -0.430. The number of hydrogen-bond acceptors (Lipinski definition) is 5. The van der Waals surface area contributed by atoms with E-state index in [1.807, 2.05) is 0 Å². The van der Waals surface area contributed by atoms with Crippen molar-refractivity contribution in [1.82, 2.24) is 0 Å². The molecule has 0 aromatic heterocycles. The minimum absolute atomic E-state index is 0.0244. The molecule has 142 valence electrons. The molecule has 0 aliphatic heterocycles. The third-order valence-electron chi connectivity index (χ3n) is 5.28. The van der Waals surface area contributed by atoms with Gasteiger partial charge in [-0.3, -0.25) is 9.59 Å². The molecule has 0 radical (unpaired) electrons. The van der Waals surface area contributed by atoms with E-state index < -0.39 is 5.97 Å². The molecule has 3 atom stereocenters. The molecule has 0 amide bonds. The van der Waals surface area contributed by atoms with Crippen LogP contribution in [0.1, 0.15) is 66.2 Å². The van der Waals surface area contributed by atoms with E-state index in [2.05, 4.69) is 11.7 Å². The zero-order chi connectivity index (χ0) is 19.1. The smallest absolute Gasteiger partial charge is 0.337 e. The van der Waals surface area contributed by atoms with Gasteiger partial charge >= 0.3 is 5.97 Å². The fourth-order valence-corrected chi connectivity index (χ4v) is 3.76. The first-order valence-corrected chi connectivity index (χ1v) is 9.28. The Kier molecular flexibility index (Phi) is 7.51. The third kappa shape index (κ3) is 4.79. The summed E-state index contributed by atoms with van der Waals surface area (Å²) in [7, 11) is 2.93. The van der Waals surface area contributed by atoms with Crippen LogP contribution in [0.2, 0.25) is 0 Å². The van der Waals surface area contributed by atoms with E-state index in [1.54, 1.807) is 31.4 Å². The highest BCUT2D eigenvalue weighted by atomic mass is 16.5. The van der Waals surface area contributed by atoms with Crippen molar-refractivity contribution in [3.8, 4) is 0 Å². The number of unbranched alkanes of at least 4 members (excludes halogenated alkanes) is 2. The van der Waals surface area contributed by atoms with Crippen LogP contribution in [0, 0.1) is 11.8 Å². The Labute approximate surface area is 155 Å². The lowest BCUT2D eigenvalue weighted by Crippen LogP contribution is -2.25. The largest absolute Gasteiger partial charge is 0.465 e. The van der Waals surface area contributed by atoms with E-state index in [9.17, 15) is 14.4 Å². The van der Waals surface area contributed by atoms with Crippen LogP contribution in [0.15, 0.2) is 24.3 Å². The standard InChI is InChI=1S/C21H28O5/c1-4-5-6-7-16-17(20(25-2)13-19(16)23)12-18(22)14-8-10-15(11-9-14)21(24)26-3/h8-11,16-17,20H,4-7,12-13H2,1-3H3/t16-,17-,20?/m1/s1. The molecule has 5 heteroatoms. The summed E-state index contributed by atoms with van der Waals surface area (Å²) in [5.74, 6) is -0.404. The zero-order valence-electron chi connectivity index (χ0n) is 15.8. The van der Waals surface area contributed by atoms with Crippen LogP contribution in [0.4, 0.5) is 0 Å². The maximum Gasteiger partial charge on any atom is 0.337 e. The number of rotatable bonds is 9. The monoisotopic (exact) mass is 360 g/mol. The molecule has 0 spiro atoms. The van der Waals surface area contributed by atoms with Gasteiger partial charge in [-0.05, 0) is 18.6 Å². The quantitative estimate of drug-likeness (QED) is 0.380. The molecule has 1 unspecified atom stereocenters. The molecule has 26 heavy (non-hydrogen) atoms. The molecule has 5 nitrogen and oxygen atoms in total. The maximum absolute atomic E-state index is 12.7. The molecule has 1 aromatic rings. The van der Waals surface area contributed by atoms with E-state index in [-0.39, 0.29) is 29.5 Å². The lowest BCUT2D eigenvalue weighted by Gasteiger charge is -2.22. The zero-order valence-corrected chi connectivity index (χ0v) is 15.8. The first-order valence-electron chi connectivity index (χ1n) is 9.28. The molecule has 0 saturated heterocycles.